The molecular formula is C13H17FN4O2S. The first-order valence-corrected chi connectivity index (χ1v) is 7.70. The maximum Gasteiger partial charge on any atom is 0.332 e. The van der Waals surface area contributed by atoms with Gasteiger partial charge >= 0.3 is 10.2 Å². The first kappa shape index (κ1) is 15.6. The Morgan fingerprint density at radius 2 is 1.81 bits per heavy atom. The molecule has 6 nitrogen and oxygen atoms in total. The summed E-state index contributed by atoms with van der Waals surface area (Å²) in [5.41, 5.74) is 7.14. The predicted molar refractivity (Wildman–Crippen MR) is 76.0 cm³/mol. The van der Waals surface area contributed by atoms with Crippen LogP contribution in [-0.4, -0.2) is 23.4 Å². The molecule has 1 heterocycles. The normalized spacial score (nSPS) is 14.1. The first-order valence-electron chi connectivity index (χ1n) is 6.32. The molecular weight excluding hydrogens is 295 g/mol. The molecule has 2 aromatic rings. The zero-order valence-corrected chi connectivity index (χ0v) is 12.8. The van der Waals surface area contributed by atoms with Crippen molar-refractivity contribution in [3.05, 3.63) is 36.2 Å². The lowest BCUT2D eigenvalue weighted by Crippen LogP contribution is -2.26. The molecule has 0 aliphatic rings. The second-order valence-corrected chi connectivity index (χ2v) is 7.21. The van der Waals surface area contributed by atoms with E-state index in [0.29, 0.717) is 11.4 Å². The number of nitrogens with two attached hydrogens (primary N) is 1. The van der Waals surface area contributed by atoms with Gasteiger partial charge in [-0.05, 0) is 29.7 Å². The largest absolute Gasteiger partial charge is 0.332 e. The van der Waals surface area contributed by atoms with Crippen molar-refractivity contribution < 1.29 is 12.3 Å². The van der Waals surface area contributed by atoms with Crippen molar-refractivity contribution in [2.75, 3.05) is 0 Å². The Hall–Kier alpha value is -1.80. The van der Waals surface area contributed by atoms with Gasteiger partial charge in [-0.25, -0.2) is 4.68 Å². The molecule has 21 heavy (non-hydrogen) atoms. The van der Waals surface area contributed by atoms with Crippen LogP contribution in [0.2, 0.25) is 0 Å². The van der Waals surface area contributed by atoms with E-state index in [-0.39, 0.29) is 11.5 Å². The van der Waals surface area contributed by atoms with E-state index in [1.807, 2.05) is 20.8 Å². The Morgan fingerprint density at radius 1 is 1.24 bits per heavy atom. The highest BCUT2D eigenvalue weighted by molar-refractivity contribution is 7.86. The second kappa shape index (κ2) is 5.19. The summed E-state index contributed by atoms with van der Waals surface area (Å²) in [5.74, 6) is 0. The number of hydrogen-bond donors (Lipinski definition) is 1. The standard InChI is InChI=1S/C13H17FN4O2S/c1-13(2,3)12(15)11-8-18(17-16-11)9-4-6-10(7-5-9)21(14,19)20/h4-8,12H,15H2,1-3H3. The van der Waals surface area contributed by atoms with Crippen molar-refractivity contribution >= 4 is 10.2 Å². The van der Waals surface area contributed by atoms with Gasteiger partial charge < -0.3 is 5.73 Å². The van der Waals surface area contributed by atoms with E-state index in [1.54, 1.807) is 6.20 Å². The second-order valence-electron chi connectivity index (χ2n) is 5.86. The molecule has 0 radical (unpaired) electrons. The maximum atomic E-state index is 12.8. The molecule has 1 unspecified atom stereocenters. The van der Waals surface area contributed by atoms with Gasteiger partial charge in [0.15, 0.2) is 0 Å². The summed E-state index contributed by atoms with van der Waals surface area (Å²) in [4.78, 5) is -0.391. The van der Waals surface area contributed by atoms with E-state index in [4.69, 9.17) is 5.73 Å². The van der Waals surface area contributed by atoms with Crippen LogP contribution in [0, 0.1) is 5.41 Å². The Bertz CT molecular complexity index is 732. The number of rotatable bonds is 3. The highest BCUT2D eigenvalue weighted by Crippen LogP contribution is 2.29. The minimum atomic E-state index is -4.69. The van der Waals surface area contributed by atoms with E-state index in [0.717, 1.165) is 0 Å². The van der Waals surface area contributed by atoms with Crippen molar-refractivity contribution in [1.82, 2.24) is 15.0 Å². The van der Waals surface area contributed by atoms with E-state index >= 15 is 0 Å². The summed E-state index contributed by atoms with van der Waals surface area (Å²) in [6.45, 7) is 5.99. The Morgan fingerprint density at radius 3 is 2.29 bits per heavy atom. The van der Waals surface area contributed by atoms with Gasteiger partial charge in [-0.2, -0.15) is 8.42 Å². The molecule has 0 amide bonds. The van der Waals surface area contributed by atoms with Crippen LogP contribution in [0.3, 0.4) is 0 Å². The first-order chi connectivity index (χ1) is 9.59. The molecule has 1 aromatic carbocycles. The Labute approximate surface area is 123 Å². The van der Waals surface area contributed by atoms with Crippen molar-refractivity contribution in [2.24, 2.45) is 11.1 Å². The molecule has 0 saturated carbocycles. The molecule has 2 N–H and O–H groups in total. The number of benzene rings is 1. The van der Waals surface area contributed by atoms with Gasteiger partial charge in [0.2, 0.25) is 0 Å². The SMILES string of the molecule is CC(C)(C)C(N)c1cn(-c2ccc(S(=O)(=O)F)cc2)nn1. The van der Waals surface area contributed by atoms with Crippen LogP contribution in [0.4, 0.5) is 3.89 Å². The molecule has 0 spiro atoms. The molecule has 2 rings (SSSR count). The third-order valence-corrected chi connectivity index (χ3v) is 3.98. The third kappa shape index (κ3) is 3.45. The van der Waals surface area contributed by atoms with Crippen molar-refractivity contribution in [3.63, 3.8) is 0 Å². The molecule has 1 aromatic heterocycles. The van der Waals surface area contributed by atoms with E-state index in [9.17, 15) is 12.3 Å². The van der Waals surface area contributed by atoms with Gasteiger partial charge in [0.25, 0.3) is 0 Å². The molecule has 0 fully saturated rings. The summed E-state index contributed by atoms with van der Waals surface area (Å²) in [7, 11) is -4.69. The highest BCUT2D eigenvalue weighted by Gasteiger charge is 2.25. The van der Waals surface area contributed by atoms with Gasteiger partial charge in [0.05, 0.1) is 22.8 Å². The van der Waals surface area contributed by atoms with Crippen LogP contribution in [0.15, 0.2) is 35.4 Å². The quantitative estimate of drug-likeness (QED) is 0.875. The zero-order chi connectivity index (χ0) is 15.8. The predicted octanol–water partition coefficient (Wildman–Crippen LogP) is 1.97. The van der Waals surface area contributed by atoms with Crippen LogP contribution in [-0.2, 0) is 10.2 Å². The van der Waals surface area contributed by atoms with Crippen molar-refractivity contribution in [2.45, 2.75) is 31.7 Å². The molecule has 1 atom stereocenters. The number of nitrogens with zero attached hydrogens (tertiary/aromatic N) is 3. The summed E-state index contributed by atoms with van der Waals surface area (Å²) in [6, 6.07) is 4.98. The summed E-state index contributed by atoms with van der Waals surface area (Å²) in [5, 5.41) is 7.98. The average molecular weight is 312 g/mol. The van der Waals surface area contributed by atoms with Crippen molar-refractivity contribution in [1.29, 1.82) is 0 Å². The van der Waals surface area contributed by atoms with E-state index < -0.39 is 15.1 Å². The van der Waals surface area contributed by atoms with E-state index in [2.05, 4.69) is 10.3 Å². The molecule has 114 valence electrons. The Balaban J connectivity index is 2.30. The topological polar surface area (TPSA) is 90.9 Å². The fourth-order valence-electron chi connectivity index (χ4n) is 1.75. The maximum absolute atomic E-state index is 12.8. The van der Waals surface area contributed by atoms with Gasteiger partial charge in [-0.1, -0.05) is 26.0 Å². The third-order valence-electron chi connectivity index (χ3n) is 3.15. The fraction of sp³-hybridized carbons (Fsp3) is 0.385. The summed E-state index contributed by atoms with van der Waals surface area (Å²) >= 11 is 0. The smallest absolute Gasteiger partial charge is 0.322 e. The number of halogens is 1. The van der Waals surface area contributed by atoms with Crippen LogP contribution in [0.1, 0.15) is 32.5 Å². The molecule has 8 heteroatoms. The summed E-state index contributed by atoms with van der Waals surface area (Å²) < 4.78 is 35.8. The number of aromatic nitrogens is 3. The lowest BCUT2D eigenvalue weighted by atomic mass is 9.86. The van der Waals surface area contributed by atoms with Crippen molar-refractivity contribution in [3.8, 4) is 5.69 Å². The van der Waals surface area contributed by atoms with Crippen LogP contribution < -0.4 is 5.73 Å². The van der Waals surface area contributed by atoms with E-state index in [1.165, 1.54) is 28.9 Å². The fourth-order valence-corrected chi connectivity index (χ4v) is 2.21. The van der Waals surface area contributed by atoms with Crippen LogP contribution in [0.25, 0.3) is 5.69 Å². The lowest BCUT2D eigenvalue weighted by molar-refractivity contribution is 0.321. The average Bonchev–Trinajstić information content (AvgIpc) is 2.85. The molecule has 0 aliphatic carbocycles. The van der Waals surface area contributed by atoms with Gasteiger partial charge in [-0.15, -0.1) is 8.98 Å². The lowest BCUT2D eigenvalue weighted by Gasteiger charge is -2.24. The van der Waals surface area contributed by atoms with Gasteiger partial charge in [0.1, 0.15) is 5.69 Å². The zero-order valence-electron chi connectivity index (χ0n) is 12.0. The Kier molecular flexibility index (Phi) is 3.85. The summed E-state index contributed by atoms with van der Waals surface area (Å²) in [6.07, 6.45) is 1.68. The minimum Gasteiger partial charge on any atom is -0.322 e. The minimum absolute atomic E-state index is 0.160. The molecule has 0 saturated heterocycles. The van der Waals surface area contributed by atoms with Crippen LogP contribution in [0.5, 0.6) is 0 Å². The van der Waals surface area contributed by atoms with Gasteiger partial charge in [0, 0.05) is 0 Å². The molecule has 0 aliphatic heterocycles. The number of hydrogen-bond acceptors (Lipinski definition) is 5. The molecule has 0 bridgehead atoms. The van der Waals surface area contributed by atoms with Gasteiger partial charge in [-0.3, -0.25) is 0 Å². The monoisotopic (exact) mass is 312 g/mol. The van der Waals surface area contributed by atoms with Crippen LogP contribution >= 0.6 is 0 Å². The highest BCUT2D eigenvalue weighted by atomic mass is 32.3.